The van der Waals surface area contributed by atoms with Crippen LogP contribution in [0.25, 0.3) is 11.4 Å². The van der Waals surface area contributed by atoms with Crippen LogP contribution in [-0.2, 0) is 12.8 Å². The van der Waals surface area contributed by atoms with E-state index >= 15 is 0 Å². The lowest BCUT2D eigenvalue weighted by molar-refractivity contribution is -0.671. The summed E-state index contributed by atoms with van der Waals surface area (Å²) < 4.78 is 16.5. The topological polar surface area (TPSA) is 71.9 Å². The van der Waals surface area contributed by atoms with Gasteiger partial charge in [-0.05, 0) is 24.6 Å². The van der Waals surface area contributed by atoms with E-state index in [9.17, 15) is 9.50 Å². The minimum Gasteiger partial charge on any atom is -0.870 e. The maximum absolute atomic E-state index is 13.4. The zero-order valence-corrected chi connectivity index (χ0v) is 11.6. The van der Waals surface area contributed by atoms with E-state index in [4.69, 9.17) is 0 Å². The van der Waals surface area contributed by atoms with Crippen molar-refractivity contribution in [1.29, 1.82) is 0 Å². The van der Waals surface area contributed by atoms with Crippen molar-refractivity contribution in [3.05, 3.63) is 65.6 Å². The van der Waals surface area contributed by atoms with Gasteiger partial charge in [0.1, 0.15) is 11.0 Å². The molecule has 0 radical (unpaired) electrons. The molecule has 0 aliphatic carbocycles. The van der Waals surface area contributed by atoms with Crippen LogP contribution in [-0.4, -0.2) is 20.5 Å². The number of benzene rings is 2. The van der Waals surface area contributed by atoms with Gasteiger partial charge in [0.25, 0.3) is 0 Å². The molecule has 0 atom stereocenters. The van der Waals surface area contributed by atoms with E-state index in [1.54, 1.807) is 16.8 Å². The highest BCUT2D eigenvalue weighted by molar-refractivity contribution is 5.40. The second-order valence-corrected chi connectivity index (χ2v) is 5.09. The fourth-order valence-electron chi connectivity index (χ4n) is 2.78. The van der Waals surface area contributed by atoms with Crippen molar-refractivity contribution in [1.82, 2.24) is 9.90 Å². The summed E-state index contributed by atoms with van der Waals surface area (Å²) in [7, 11) is 0. The number of fused-ring (bicyclic) bond motifs is 3. The van der Waals surface area contributed by atoms with Crippen molar-refractivity contribution in [2.45, 2.75) is 12.8 Å². The molecule has 2 aromatic carbocycles. The molecular weight excluding hydrogens is 285 g/mol. The minimum atomic E-state index is -0.356. The molecule has 4 rings (SSSR count). The number of halogens is 1. The molecule has 0 spiro atoms. The Morgan fingerprint density at radius 1 is 1.09 bits per heavy atom. The third-order valence-electron chi connectivity index (χ3n) is 3.80. The Bertz CT molecular complexity index is 845. The predicted octanol–water partition coefficient (Wildman–Crippen LogP) is 1.92. The molecule has 1 aliphatic heterocycles. The SMILES string of the molecule is Oc1c2[n+](nn1-c1cccc(F)c1)-c1ccccc1CC2.[OH-]. The molecule has 0 saturated heterocycles. The Morgan fingerprint density at radius 3 is 2.73 bits per heavy atom. The van der Waals surface area contributed by atoms with Gasteiger partial charge in [0.2, 0.25) is 5.69 Å². The summed E-state index contributed by atoms with van der Waals surface area (Å²) in [4.78, 5) is 0. The van der Waals surface area contributed by atoms with Crippen LogP contribution in [0.5, 0.6) is 5.88 Å². The molecule has 0 fully saturated rings. The average molecular weight is 299 g/mol. The molecule has 0 bridgehead atoms. The van der Waals surface area contributed by atoms with Crippen molar-refractivity contribution < 1.29 is 19.7 Å². The number of hydrogen-bond acceptors (Lipinski definition) is 3. The van der Waals surface area contributed by atoms with Crippen LogP contribution < -0.4 is 4.68 Å². The first-order valence-electron chi connectivity index (χ1n) is 6.81. The van der Waals surface area contributed by atoms with Gasteiger partial charge in [0.05, 0.1) is 0 Å². The van der Waals surface area contributed by atoms with Gasteiger partial charge in [0, 0.05) is 18.1 Å². The van der Waals surface area contributed by atoms with E-state index in [0.717, 1.165) is 17.8 Å². The van der Waals surface area contributed by atoms with Gasteiger partial charge in [-0.15, -0.1) is 0 Å². The maximum atomic E-state index is 13.4. The average Bonchev–Trinajstić information content (AvgIpc) is 2.85. The van der Waals surface area contributed by atoms with Crippen LogP contribution in [0, 0.1) is 5.82 Å². The molecule has 1 aromatic heterocycles. The second-order valence-electron chi connectivity index (χ2n) is 5.09. The molecule has 22 heavy (non-hydrogen) atoms. The van der Waals surface area contributed by atoms with Crippen molar-refractivity contribution in [3.8, 4) is 17.3 Å². The zero-order valence-electron chi connectivity index (χ0n) is 11.6. The quantitative estimate of drug-likeness (QED) is 0.698. The molecule has 3 aromatic rings. The van der Waals surface area contributed by atoms with Gasteiger partial charge in [0.15, 0.2) is 11.4 Å². The normalized spacial score (nSPS) is 12.2. The fraction of sp³-hybridized carbons (Fsp3) is 0.125. The third-order valence-corrected chi connectivity index (χ3v) is 3.80. The van der Waals surface area contributed by atoms with E-state index in [0.29, 0.717) is 12.1 Å². The smallest absolute Gasteiger partial charge is 0.354 e. The first kappa shape index (κ1) is 14.2. The minimum absolute atomic E-state index is 0. The van der Waals surface area contributed by atoms with E-state index < -0.39 is 0 Å². The van der Waals surface area contributed by atoms with E-state index in [2.05, 4.69) is 11.3 Å². The number of aromatic nitrogens is 3. The summed E-state index contributed by atoms with van der Waals surface area (Å²) in [5.41, 5.74) is 3.41. The molecule has 112 valence electrons. The number of para-hydroxylation sites is 1. The first-order chi connectivity index (χ1) is 10.2. The Kier molecular flexibility index (Phi) is 3.38. The lowest BCUT2D eigenvalue weighted by Crippen LogP contribution is -2.41. The molecule has 2 heterocycles. The Labute approximate surface area is 126 Å². The summed E-state index contributed by atoms with van der Waals surface area (Å²) in [5.74, 6) is -0.291. The number of hydrogen-bond donors (Lipinski definition) is 1. The number of aromatic hydroxyl groups is 1. The van der Waals surface area contributed by atoms with Gasteiger partial charge in [-0.25, -0.2) is 4.39 Å². The monoisotopic (exact) mass is 299 g/mol. The number of rotatable bonds is 1. The molecule has 1 aliphatic rings. The summed E-state index contributed by atoms with van der Waals surface area (Å²) in [6.45, 7) is 0. The van der Waals surface area contributed by atoms with Crippen LogP contribution >= 0.6 is 0 Å². The molecule has 5 nitrogen and oxygen atoms in total. The number of nitrogens with zero attached hydrogens (tertiary/aromatic N) is 3. The third kappa shape index (κ3) is 2.05. The van der Waals surface area contributed by atoms with Gasteiger partial charge in [-0.1, -0.05) is 33.6 Å². The molecule has 2 N–H and O–H groups in total. The number of aryl methyl sites for hydroxylation is 1. The highest BCUT2D eigenvalue weighted by Gasteiger charge is 2.32. The fourth-order valence-corrected chi connectivity index (χ4v) is 2.78. The van der Waals surface area contributed by atoms with Crippen LogP contribution in [0.2, 0.25) is 0 Å². The van der Waals surface area contributed by atoms with Crippen molar-refractivity contribution in [2.24, 2.45) is 0 Å². The van der Waals surface area contributed by atoms with Crippen molar-refractivity contribution in [3.63, 3.8) is 0 Å². The maximum Gasteiger partial charge on any atom is 0.354 e. The Morgan fingerprint density at radius 2 is 1.91 bits per heavy atom. The summed E-state index contributed by atoms with van der Waals surface area (Å²) >= 11 is 0. The van der Waals surface area contributed by atoms with Crippen LogP contribution in [0.15, 0.2) is 48.5 Å². The molecule has 6 heteroatoms. The summed E-state index contributed by atoms with van der Waals surface area (Å²) in [6, 6.07) is 14.0. The first-order valence-corrected chi connectivity index (χ1v) is 6.81. The van der Waals surface area contributed by atoms with Gasteiger partial charge in [-0.2, -0.15) is 0 Å². The van der Waals surface area contributed by atoms with Crippen LogP contribution in [0.4, 0.5) is 4.39 Å². The lowest BCUT2D eigenvalue weighted by Gasteiger charge is -2.09. The Hall–Kier alpha value is -2.73. The molecule has 0 saturated carbocycles. The highest BCUT2D eigenvalue weighted by Crippen LogP contribution is 2.25. The van der Waals surface area contributed by atoms with E-state index in [-0.39, 0.29) is 17.2 Å². The Balaban J connectivity index is 0.00000144. The van der Waals surface area contributed by atoms with Crippen LogP contribution in [0.3, 0.4) is 0 Å². The van der Waals surface area contributed by atoms with Crippen molar-refractivity contribution in [2.75, 3.05) is 0 Å². The molecule has 0 amide bonds. The highest BCUT2D eigenvalue weighted by atomic mass is 19.1. The van der Waals surface area contributed by atoms with Gasteiger partial charge < -0.3 is 10.6 Å². The molecule has 0 unspecified atom stereocenters. The van der Waals surface area contributed by atoms with E-state index in [1.807, 2.05) is 18.2 Å². The zero-order chi connectivity index (χ0) is 14.4. The molecular formula is C16H14FN3O2. The van der Waals surface area contributed by atoms with E-state index in [1.165, 1.54) is 22.4 Å². The largest absolute Gasteiger partial charge is 0.870 e. The summed E-state index contributed by atoms with van der Waals surface area (Å²) in [5, 5.41) is 14.8. The standard InChI is InChI=1S/C16H12FN3O.H2O/c17-12-5-3-6-13(10-12)19-16(21)15-9-8-11-4-1-2-7-14(11)20(15)18-19;/h1-7,10H,8-9H2;1H2. The lowest BCUT2D eigenvalue weighted by atomic mass is 10.0. The van der Waals surface area contributed by atoms with Gasteiger partial charge >= 0.3 is 5.88 Å². The second kappa shape index (κ2) is 5.23. The summed E-state index contributed by atoms with van der Waals surface area (Å²) in [6.07, 6.45) is 1.57. The van der Waals surface area contributed by atoms with Gasteiger partial charge in [-0.3, -0.25) is 0 Å². The van der Waals surface area contributed by atoms with Crippen molar-refractivity contribution >= 4 is 0 Å². The predicted molar refractivity (Wildman–Crippen MR) is 76.1 cm³/mol. The van der Waals surface area contributed by atoms with Crippen LogP contribution in [0.1, 0.15) is 11.3 Å².